The van der Waals surface area contributed by atoms with E-state index in [1.54, 1.807) is 36.4 Å². The molecule has 2 aromatic carbocycles. The molecule has 1 atom stereocenters. The fraction of sp³-hybridized carbons (Fsp3) is 0.346. The van der Waals surface area contributed by atoms with Crippen LogP contribution in [0.3, 0.4) is 0 Å². The molecule has 36 heavy (non-hydrogen) atoms. The van der Waals surface area contributed by atoms with Crippen LogP contribution in [0.4, 0.5) is 10.1 Å². The van der Waals surface area contributed by atoms with E-state index in [9.17, 15) is 23.6 Å². The maximum atomic E-state index is 15.0. The van der Waals surface area contributed by atoms with Crippen LogP contribution in [0.5, 0.6) is 0 Å². The van der Waals surface area contributed by atoms with Gasteiger partial charge in [0.1, 0.15) is 18.2 Å². The summed E-state index contributed by atoms with van der Waals surface area (Å²) in [4.78, 5) is 54.0. The monoisotopic (exact) mass is 491 g/mol. The number of carbonyl (C=O) groups is 3. The van der Waals surface area contributed by atoms with Crippen LogP contribution in [0.15, 0.2) is 53.6 Å². The third kappa shape index (κ3) is 4.90. The number of fused-ring (bicyclic) bond motifs is 1. The normalized spacial score (nSPS) is 19.3. The second-order valence-electron chi connectivity index (χ2n) is 9.27. The molecule has 1 aromatic heterocycles. The van der Waals surface area contributed by atoms with Gasteiger partial charge in [-0.1, -0.05) is 18.2 Å². The molecule has 0 saturated carbocycles. The predicted molar refractivity (Wildman–Crippen MR) is 131 cm³/mol. The maximum absolute atomic E-state index is 15.0. The summed E-state index contributed by atoms with van der Waals surface area (Å²) in [6.07, 6.45) is 3.30. The van der Waals surface area contributed by atoms with Crippen molar-refractivity contribution in [2.45, 2.75) is 37.6 Å². The number of imide groups is 1. The van der Waals surface area contributed by atoms with Gasteiger partial charge in [0.25, 0.3) is 5.56 Å². The molecule has 2 aliphatic rings. The average molecular weight is 492 g/mol. The molecule has 186 valence electrons. The summed E-state index contributed by atoms with van der Waals surface area (Å²) in [5.74, 6) is -1.18. The predicted octanol–water partition coefficient (Wildman–Crippen LogP) is 2.27. The van der Waals surface area contributed by atoms with Gasteiger partial charge in [-0.05, 0) is 68.1 Å². The van der Waals surface area contributed by atoms with E-state index < -0.39 is 11.9 Å². The van der Waals surface area contributed by atoms with Gasteiger partial charge in [-0.2, -0.15) is 4.98 Å². The lowest BCUT2D eigenvalue weighted by molar-refractivity contribution is -0.133. The molecule has 2 aliphatic heterocycles. The van der Waals surface area contributed by atoms with Crippen molar-refractivity contribution in [2.24, 2.45) is 0 Å². The van der Waals surface area contributed by atoms with E-state index in [4.69, 9.17) is 0 Å². The van der Waals surface area contributed by atoms with Gasteiger partial charge in [0.15, 0.2) is 0 Å². The first-order chi connectivity index (χ1) is 17.4. The highest BCUT2D eigenvalue weighted by Crippen LogP contribution is 2.31. The summed E-state index contributed by atoms with van der Waals surface area (Å²) < 4.78 is 16.4. The lowest BCUT2D eigenvalue weighted by Crippen LogP contribution is -2.47. The summed E-state index contributed by atoms with van der Waals surface area (Å²) >= 11 is 0. The zero-order valence-electron chi connectivity index (χ0n) is 19.6. The van der Waals surface area contributed by atoms with E-state index in [-0.39, 0.29) is 42.1 Å². The van der Waals surface area contributed by atoms with Crippen LogP contribution < -0.4 is 16.2 Å². The lowest BCUT2D eigenvalue weighted by Gasteiger charge is -2.32. The number of anilines is 1. The number of aromatic nitrogens is 2. The molecule has 3 aromatic rings. The number of para-hydroxylation sites is 1. The largest absolute Gasteiger partial charge is 0.374 e. The topological polar surface area (TPSA) is 113 Å². The summed E-state index contributed by atoms with van der Waals surface area (Å²) in [7, 11) is 0. The highest BCUT2D eigenvalue weighted by molar-refractivity contribution is 6.01. The molecule has 2 amide bonds. The quantitative estimate of drug-likeness (QED) is 0.527. The number of nitrogens with zero attached hydrogens (tertiary/aromatic N) is 3. The first kappa shape index (κ1) is 23.8. The maximum Gasteiger partial charge on any atom is 0.280 e. The zero-order valence-corrected chi connectivity index (χ0v) is 19.6. The molecule has 0 bridgehead atoms. The third-order valence-corrected chi connectivity index (χ3v) is 6.92. The number of hydrogen-bond donors (Lipinski definition) is 2. The Morgan fingerprint density at radius 1 is 1.08 bits per heavy atom. The summed E-state index contributed by atoms with van der Waals surface area (Å²) in [5.41, 5.74) is 1.28. The number of nitrogens with one attached hydrogen (secondary N) is 2. The lowest BCUT2D eigenvalue weighted by atomic mass is 9.89. The fourth-order valence-corrected chi connectivity index (χ4v) is 4.96. The van der Waals surface area contributed by atoms with Crippen molar-refractivity contribution in [2.75, 3.05) is 25.0 Å². The molecule has 2 N–H and O–H groups in total. The molecular formula is C26H26FN5O4. The Morgan fingerprint density at radius 2 is 1.86 bits per heavy atom. The van der Waals surface area contributed by atoms with Crippen LogP contribution >= 0.6 is 0 Å². The van der Waals surface area contributed by atoms with Gasteiger partial charge in [-0.15, -0.1) is 0 Å². The van der Waals surface area contributed by atoms with Gasteiger partial charge in [0.2, 0.25) is 17.7 Å². The van der Waals surface area contributed by atoms with E-state index in [1.807, 2.05) is 4.90 Å². The van der Waals surface area contributed by atoms with Crippen LogP contribution in [0.2, 0.25) is 0 Å². The van der Waals surface area contributed by atoms with Gasteiger partial charge in [-0.3, -0.25) is 34.0 Å². The summed E-state index contributed by atoms with van der Waals surface area (Å²) in [5, 5.41) is 5.69. The minimum Gasteiger partial charge on any atom is -0.374 e. The number of carbonyl (C=O) groups excluding carboxylic acids is 3. The van der Waals surface area contributed by atoms with Crippen molar-refractivity contribution in [1.82, 2.24) is 19.8 Å². The molecule has 0 radical (unpaired) electrons. The smallest absolute Gasteiger partial charge is 0.280 e. The van der Waals surface area contributed by atoms with Crippen molar-refractivity contribution < 1.29 is 18.8 Å². The Hall–Kier alpha value is -3.92. The van der Waals surface area contributed by atoms with Crippen LogP contribution in [-0.4, -0.2) is 57.8 Å². The zero-order chi connectivity index (χ0) is 25.2. The SMILES string of the molecule is O=C1CCC(Nc2ccc(C3CCN(CC(=O)n4cnc(=O)c5ccccc54)CC3)c(F)c2)C(=O)N1. The van der Waals surface area contributed by atoms with Crippen molar-refractivity contribution in [1.29, 1.82) is 0 Å². The van der Waals surface area contributed by atoms with E-state index in [2.05, 4.69) is 15.6 Å². The highest BCUT2D eigenvalue weighted by atomic mass is 19.1. The number of rotatable bonds is 5. The van der Waals surface area contributed by atoms with Crippen molar-refractivity contribution in [3.63, 3.8) is 0 Å². The number of halogens is 1. The molecular weight excluding hydrogens is 465 g/mol. The first-order valence-electron chi connectivity index (χ1n) is 12.0. The van der Waals surface area contributed by atoms with Crippen LogP contribution in [0.25, 0.3) is 10.9 Å². The van der Waals surface area contributed by atoms with Crippen LogP contribution in [0, 0.1) is 5.82 Å². The van der Waals surface area contributed by atoms with Crippen LogP contribution in [0.1, 0.15) is 42.0 Å². The Kier molecular flexibility index (Phi) is 6.60. The number of amides is 2. The van der Waals surface area contributed by atoms with Gasteiger partial charge in [-0.25, -0.2) is 4.39 Å². The van der Waals surface area contributed by atoms with E-state index in [0.717, 1.165) is 0 Å². The minimum atomic E-state index is -0.566. The van der Waals surface area contributed by atoms with E-state index in [0.29, 0.717) is 54.5 Å². The molecule has 5 rings (SSSR count). The number of likely N-dealkylation sites (tertiary alicyclic amines) is 1. The fourth-order valence-electron chi connectivity index (χ4n) is 4.96. The van der Waals surface area contributed by atoms with Gasteiger partial charge in [0.05, 0.1) is 17.4 Å². The molecule has 0 aliphatic carbocycles. The van der Waals surface area contributed by atoms with Crippen molar-refractivity contribution in [3.05, 3.63) is 70.5 Å². The Morgan fingerprint density at radius 3 is 2.61 bits per heavy atom. The standard InChI is InChI=1S/C26H26FN5O4/c27-20-13-17(29-21-7-8-23(33)30-26(21)36)5-6-18(20)16-9-11-31(12-10-16)14-24(34)32-15-28-25(35)19-3-1-2-4-22(19)32/h1-6,13,15-16,21,29H,7-12,14H2,(H,30,33,36). The van der Waals surface area contributed by atoms with Crippen LogP contribution in [-0.2, 0) is 9.59 Å². The number of piperidine rings is 2. The minimum absolute atomic E-state index is 0.0240. The molecule has 9 nitrogen and oxygen atoms in total. The average Bonchev–Trinajstić information content (AvgIpc) is 2.87. The summed E-state index contributed by atoms with van der Waals surface area (Å²) in [6, 6.07) is 11.2. The Labute approximate surface area is 206 Å². The van der Waals surface area contributed by atoms with Crippen molar-refractivity contribution >= 4 is 34.3 Å². The Bertz CT molecular complexity index is 1400. The number of benzene rings is 2. The van der Waals surface area contributed by atoms with E-state index in [1.165, 1.54) is 17.0 Å². The Balaban J connectivity index is 1.19. The van der Waals surface area contributed by atoms with E-state index >= 15 is 0 Å². The van der Waals surface area contributed by atoms with Crippen molar-refractivity contribution in [3.8, 4) is 0 Å². The van der Waals surface area contributed by atoms with Gasteiger partial charge < -0.3 is 5.32 Å². The number of hydrogen-bond acceptors (Lipinski definition) is 7. The molecule has 10 heteroatoms. The molecule has 1 unspecified atom stereocenters. The third-order valence-electron chi connectivity index (χ3n) is 6.92. The molecule has 2 saturated heterocycles. The second-order valence-corrected chi connectivity index (χ2v) is 9.27. The summed E-state index contributed by atoms with van der Waals surface area (Å²) in [6.45, 7) is 1.45. The second kappa shape index (κ2) is 9.98. The molecule has 3 heterocycles. The van der Waals surface area contributed by atoms with Gasteiger partial charge >= 0.3 is 0 Å². The highest BCUT2D eigenvalue weighted by Gasteiger charge is 2.28. The van der Waals surface area contributed by atoms with Gasteiger partial charge in [0, 0.05) is 12.1 Å². The first-order valence-corrected chi connectivity index (χ1v) is 12.0. The molecule has 0 spiro atoms. The molecule has 2 fully saturated rings.